The number of hydrogen-bond acceptors (Lipinski definition) is 2. The summed E-state index contributed by atoms with van der Waals surface area (Å²) < 4.78 is 2.83. The van der Waals surface area contributed by atoms with Crippen molar-refractivity contribution in [3.63, 3.8) is 0 Å². The summed E-state index contributed by atoms with van der Waals surface area (Å²) in [4.78, 5) is 14.1. The molecule has 0 radical (unpaired) electrons. The van der Waals surface area contributed by atoms with Gasteiger partial charge >= 0.3 is 6.03 Å². The minimum absolute atomic E-state index is 0.162. The molecule has 1 N–H and O–H groups in total. The average Bonchev–Trinajstić information content (AvgIpc) is 3.03. The van der Waals surface area contributed by atoms with E-state index >= 15 is 0 Å². The van der Waals surface area contributed by atoms with Gasteiger partial charge in [0.05, 0.1) is 5.69 Å². The number of urea groups is 1. The van der Waals surface area contributed by atoms with Crippen LogP contribution in [0, 0.1) is 6.92 Å². The Hall–Kier alpha value is -2.60. The van der Waals surface area contributed by atoms with E-state index in [-0.39, 0.29) is 6.03 Å². The molecule has 0 saturated carbocycles. The van der Waals surface area contributed by atoms with E-state index in [1.165, 1.54) is 0 Å². The second kappa shape index (κ2) is 7.53. The number of rotatable bonds is 4. The molecular weight excluding hydrogens is 380 g/mol. The fraction of sp³-hybridized carbons (Fsp3) is 0.158. The van der Waals surface area contributed by atoms with Crippen LogP contribution in [0.25, 0.3) is 5.69 Å². The third-order valence-corrected chi connectivity index (χ3v) is 4.66. The molecule has 1 heterocycles. The Morgan fingerprint density at radius 1 is 1.20 bits per heavy atom. The second-order valence-corrected chi connectivity index (χ2v) is 6.67. The minimum Gasteiger partial charge on any atom is -0.323 e. The molecule has 0 spiro atoms. The molecule has 0 aliphatic rings. The molecule has 0 aliphatic carbocycles. The lowest BCUT2D eigenvalue weighted by Gasteiger charge is -2.19. The van der Waals surface area contributed by atoms with Crippen LogP contribution in [0.4, 0.5) is 10.5 Å². The van der Waals surface area contributed by atoms with E-state index in [1.807, 2.05) is 66.2 Å². The van der Waals surface area contributed by atoms with Crippen LogP contribution >= 0.6 is 15.9 Å². The topological polar surface area (TPSA) is 50.2 Å². The zero-order valence-electron chi connectivity index (χ0n) is 14.1. The fourth-order valence-electron chi connectivity index (χ4n) is 2.53. The number of halogens is 1. The van der Waals surface area contributed by atoms with Crippen molar-refractivity contribution in [3.05, 3.63) is 76.5 Å². The molecule has 3 aromatic rings. The number of anilines is 1. The lowest BCUT2D eigenvalue weighted by Crippen LogP contribution is -2.31. The van der Waals surface area contributed by atoms with E-state index in [9.17, 15) is 4.79 Å². The van der Waals surface area contributed by atoms with Crippen LogP contribution in [0.1, 0.15) is 11.3 Å². The number of aromatic nitrogens is 2. The maximum absolute atomic E-state index is 12.5. The summed E-state index contributed by atoms with van der Waals surface area (Å²) in [6.07, 6.45) is 1.76. The molecule has 128 valence electrons. The van der Waals surface area contributed by atoms with E-state index < -0.39 is 0 Å². The molecule has 0 atom stereocenters. The lowest BCUT2D eigenvalue weighted by atomic mass is 10.2. The van der Waals surface area contributed by atoms with E-state index in [1.54, 1.807) is 18.1 Å². The van der Waals surface area contributed by atoms with E-state index in [2.05, 4.69) is 26.3 Å². The predicted octanol–water partition coefficient (Wildman–Crippen LogP) is 4.61. The summed E-state index contributed by atoms with van der Waals surface area (Å²) in [5, 5.41) is 7.23. The van der Waals surface area contributed by atoms with Crippen LogP contribution in [0.15, 0.2) is 65.3 Å². The highest BCUT2D eigenvalue weighted by Gasteiger charge is 2.11. The van der Waals surface area contributed by atoms with E-state index in [4.69, 9.17) is 0 Å². The molecular formula is C19H19BrN4O. The monoisotopic (exact) mass is 398 g/mol. The Morgan fingerprint density at radius 2 is 2.00 bits per heavy atom. The second-order valence-electron chi connectivity index (χ2n) is 5.81. The molecule has 2 amide bonds. The number of carbonyl (C=O) groups excluding carboxylic acids is 1. The van der Waals surface area contributed by atoms with Gasteiger partial charge in [0.2, 0.25) is 0 Å². The summed E-state index contributed by atoms with van der Waals surface area (Å²) in [5.41, 5.74) is 3.74. The van der Waals surface area contributed by atoms with Gasteiger partial charge in [0.1, 0.15) is 0 Å². The van der Waals surface area contributed by atoms with Gasteiger partial charge in [-0.25, -0.2) is 9.48 Å². The van der Waals surface area contributed by atoms with Gasteiger partial charge in [-0.05, 0) is 42.8 Å². The van der Waals surface area contributed by atoms with Crippen molar-refractivity contribution in [2.24, 2.45) is 0 Å². The first-order chi connectivity index (χ1) is 12.0. The third-order valence-electron chi connectivity index (χ3n) is 3.89. The number of benzene rings is 2. The van der Waals surface area contributed by atoms with Gasteiger partial charge in [-0.1, -0.05) is 40.2 Å². The Bertz CT molecular complexity index is 890. The highest BCUT2D eigenvalue weighted by Crippen LogP contribution is 2.19. The first-order valence-electron chi connectivity index (χ1n) is 7.91. The average molecular weight is 399 g/mol. The van der Waals surface area contributed by atoms with Gasteiger partial charge < -0.3 is 10.2 Å². The van der Waals surface area contributed by atoms with Crippen molar-refractivity contribution >= 4 is 27.6 Å². The van der Waals surface area contributed by atoms with Crippen LogP contribution in [0.3, 0.4) is 0 Å². The summed E-state index contributed by atoms with van der Waals surface area (Å²) in [5.74, 6) is 0. The SMILES string of the molecule is Cc1ccnn1-c1cccc(NC(=O)N(C)Cc2ccccc2Br)c1. The summed E-state index contributed by atoms with van der Waals surface area (Å²) in [6, 6.07) is 17.3. The van der Waals surface area contributed by atoms with Crippen molar-refractivity contribution in [2.75, 3.05) is 12.4 Å². The van der Waals surface area contributed by atoms with Crippen LogP contribution in [0.5, 0.6) is 0 Å². The van der Waals surface area contributed by atoms with Crippen LogP contribution in [-0.4, -0.2) is 27.8 Å². The Kier molecular flexibility index (Phi) is 5.19. The summed E-state index contributed by atoms with van der Waals surface area (Å²) in [6.45, 7) is 2.51. The molecule has 0 bridgehead atoms. The van der Waals surface area contributed by atoms with Crippen molar-refractivity contribution in [3.8, 4) is 5.69 Å². The standard InChI is InChI=1S/C19H19BrN4O/c1-14-10-11-21-24(14)17-8-5-7-16(12-17)22-19(25)23(2)13-15-6-3-4-9-18(15)20/h3-12H,13H2,1-2H3,(H,22,25). The van der Waals surface area contributed by atoms with E-state index in [0.29, 0.717) is 6.54 Å². The molecule has 3 rings (SSSR count). The highest BCUT2D eigenvalue weighted by molar-refractivity contribution is 9.10. The normalized spacial score (nSPS) is 10.5. The number of nitrogens with zero attached hydrogens (tertiary/aromatic N) is 3. The predicted molar refractivity (Wildman–Crippen MR) is 103 cm³/mol. The molecule has 2 aromatic carbocycles. The van der Waals surface area contributed by atoms with E-state index in [0.717, 1.165) is 27.1 Å². The number of hydrogen-bond donors (Lipinski definition) is 1. The number of nitrogens with one attached hydrogen (secondary N) is 1. The minimum atomic E-state index is -0.162. The first-order valence-corrected chi connectivity index (χ1v) is 8.70. The van der Waals surface area contributed by atoms with Crippen molar-refractivity contribution in [2.45, 2.75) is 13.5 Å². The van der Waals surface area contributed by atoms with Gasteiger partial charge in [-0.3, -0.25) is 0 Å². The largest absolute Gasteiger partial charge is 0.323 e. The zero-order chi connectivity index (χ0) is 17.8. The quantitative estimate of drug-likeness (QED) is 0.697. The maximum atomic E-state index is 12.5. The Labute approximate surface area is 155 Å². The molecule has 5 nitrogen and oxygen atoms in total. The van der Waals surface area contributed by atoms with Crippen LogP contribution in [0.2, 0.25) is 0 Å². The van der Waals surface area contributed by atoms with Crippen molar-refractivity contribution in [1.29, 1.82) is 0 Å². The highest BCUT2D eigenvalue weighted by atomic mass is 79.9. The van der Waals surface area contributed by atoms with Gasteiger partial charge in [-0.2, -0.15) is 5.10 Å². The smallest absolute Gasteiger partial charge is 0.321 e. The summed E-state index contributed by atoms with van der Waals surface area (Å²) >= 11 is 3.51. The molecule has 0 aliphatic heterocycles. The Balaban J connectivity index is 1.71. The van der Waals surface area contributed by atoms with Gasteiger partial charge in [0.15, 0.2) is 0 Å². The summed E-state index contributed by atoms with van der Waals surface area (Å²) in [7, 11) is 1.77. The van der Waals surface area contributed by atoms with Crippen LogP contribution < -0.4 is 5.32 Å². The first kappa shape index (κ1) is 17.2. The molecule has 6 heteroatoms. The zero-order valence-corrected chi connectivity index (χ0v) is 15.7. The van der Waals surface area contributed by atoms with Crippen molar-refractivity contribution < 1.29 is 4.79 Å². The number of amides is 2. The number of aryl methyl sites for hydroxylation is 1. The molecule has 1 aromatic heterocycles. The fourth-order valence-corrected chi connectivity index (χ4v) is 2.94. The van der Waals surface area contributed by atoms with Gasteiger partial charge in [0, 0.05) is 35.6 Å². The van der Waals surface area contributed by atoms with Gasteiger partial charge in [-0.15, -0.1) is 0 Å². The lowest BCUT2D eigenvalue weighted by molar-refractivity contribution is 0.220. The van der Waals surface area contributed by atoms with Crippen molar-refractivity contribution in [1.82, 2.24) is 14.7 Å². The Morgan fingerprint density at radius 3 is 2.72 bits per heavy atom. The molecule has 0 unspecified atom stereocenters. The maximum Gasteiger partial charge on any atom is 0.321 e. The van der Waals surface area contributed by atoms with Crippen LogP contribution in [-0.2, 0) is 6.54 Å². The molecule has 0 fully saturated rings. The molecule has 0 saturated heterocycles. The number of carbonyl (C=O) groups is 1. The molecule has 25 heavy (non-hydrogen) atoms. The van der Waals surface area contributed by atoms with Gasteiger partial charge in [0.25, 0.3) is 0 Å². The third kappa shape index (κ3) is 4.09.